The molecule has 1 unspecified atom stereocenters. The first kappa shape index (κ1) is 21.6. The molecule has 2 aromatic rings. The summed E-state index contributed by atoms with van der Waals surface area (Å²) >= 11 is 0. The van der Waals surface area contributed by atoms with E-state index in [9.17, 15) is 14.4 Å². The molecule has 0 aliphatic carbocycles. The Morgan fingerprint density at radius 2 is 1.86 bits per heavy atom. The lowest BCUT2D eigenvalue weighted by molar-refractivity contribution is -0.120. The van der Waals surface area contributed by atoms with Crippen molar-refractivity contribution in [3.05, 3.63) is 40.2 Å². The fraction of sp³-hybridized carbons (Fsp3) is 0.476. The summed E-state index contributed by atoms with van der Waals surface area (Å²) < 4.78 is 5.36. The van der Waals surface area contributed by atoms with Crippen LogP contribution in [0, 0.1) is 5.92 Å². The number of fused-ring (bicyclic) bond motifs is 1. The molecule has 0 aliphatic heterocycles. The molecule has 0 saturated heterocycles. The monoisotopic (exact) mass is 387 g/mol. The summed E-state index contributed by atoms with van der Waals surface area (Å²) in [6, 6.07) is 6.25. The number of nitrogens with zero attached hydrogens (tertiary/aromatic N) is 1. The molecule has 0 fully saturated rings. The lowest BCUT2D eigenvalue weighted by Gasteiger charge is -2.21. The lowest BCUT2D eigenvalue weighted by Crippen LogP contribution is -2.43. The summed E-state index contributed by atoms with van der Waals surface area (Å²) in [7, 11) is 0. The van der Waals surface area contributed by atoms with Crippen LogP contribution in [0.5, 0.6) is 0 Å². The number of rotatable bonds is 9. The van der Waals surface area contributed by atoms with E-state index in [1.54, 1.807) is 6.07 Å². The van der Waals surface area contributed by atoms with E-state index in [0.717, 1.165) is 18.8 Å². The number of nitrogens with two attached hydrogens (primary N) is 1. The van der Waals surface area contributed by atoms with Crippen LogP contribution >= 0.6 is 0 Å². The zero-order chi connectivity index (χ0) is 20.8. The Hall–Kier alpha value is -2.67. The average molecular weight is 387 g/mol. The van der Waals surface area contributed by atoms with Gasteiger partial charge in [0.15, 0.2) is 5.78 Å². The highest BCUT2D eigenvalue weighted by atomic mass is 16.4. The van der Waals surface area contributed by atoms with Gasteiger partial charge in [0.2, 0.25) is 0 Å². The number of ketones is 1. The average Bonchev–Trinajstić information content (AvgIpc) is 2.65. The van der Waals surface area contributed by atoms with Crippen molar-refractivity contribution in [1.29, 1.82) is 0 Å². The van der Waals surface area contributed by atoms with Crippen LogP contribution in [0.25, 0.3) is 11.0 Å². The highest BCUT2D eigenvalue weighted by molar-refractivity contribution is 5.97. The predicted molar refractivity (Wildman–Crippen MR) is 111 cm³/mol. The third kappa shape index (κ3) is 5.19. The molecule has 2 rings (SSSR count). The standard InChI is InChI=1S/C21H29N3O4/c1-5-24(6-2)15-8-7-14-10-16(21(27)28-19(14)11-15)20(26)23-12-17(22)18(25)9-13(3)4/h7-8,10-11,13,17H,5-6,9,12,22H2,1-4H3,(H,23,26). The Morgan fingerprint density at radius 3 is 2.46 bits per heavy atom. The number of carbonyl (C=O) groups is 2. The maximum Gasteiger partial charge on any atom is 0.349 e. The highest BCUT2D eigenvalue weighted by Crippen LogP contribution is 2.22. The van der Waals surface area contributed by atoms with Gasteiger partial charge in [-0.3, -0.25) is 9.59 Å². The zero-order valence-electron chi connectivity index (χ0n) is 17.0. The van der Waals surface area contributed by atoms with Gasteiger partial charge in [0.1, 0.15) is 11.1 Å². The van der Waals surface area contributed by atoms with Crippen LogP contribution in [0.1, 0.15) is 44.5 Å². The van der Waals surface area contributed by atoms with Crippen molar-refractivity contribution in [2.24, 2.45) is 11.7 Å². The van der Waals surface area contributed by atoms with Gasteiger partial charge in [-0.1, -0.05) is 13.8 Å². The lowest BCUT2D eigenvalue weighted by atomic mass is 10.0. The van der Waals surface area contributed by atoms with E-state index in [2.05, 4.69) is 10.2 Å². The molecule has 1 aromatic carbocycles. The Bertz CT molecular complexity index is 900. The first-order valence-electron chi connectivity index (χ1n) is 9.66. The van der Waals surface area contributed by atoms with Gasteiger partial charge in [0, 0.05) is 43.2 Å². The first-order chi connectivity index (χ1) is 13.3. The molecule has 0 aliphatic rings. The fourth-order valence-corrected chi connectivity index (χ4v) is 3.01. The second-order valence-electron chi connectivity index (χ2n) is 7.22. The van der Waals surface area contributed by atoms with Gasteiger partial charge in [0.05, 0.1) is 6.04 Å². The molecule has 152 valence electrons. The third-order valence-corrected chi connectivity index (χ3v) is 4.60. The van der Waals surface area contributed by atoms with E-state index >= 15 is 0 Å². The van der Waals surface area contributed by atoms with Gasteiger partial charge < -0.3 is 20.4 Å². The molecule has 3 N–H and O–H groups in total. The second kappa shape index (κ2) is 9.50. The molecule has 7 heteroatoms. The van der Waals surface area contributed by atoms with Crippen LogP contribution in [0.15, 0.2) is 33.5 Å². The molecular weight excluding hydrogens is 358 g/mol. The largest absolute Gasteiger partial charge is 0.422 e. The maximum absolute atomic E-state index is 12.4. The van der Waals surface area contributed by atoms with E-state index < -0.39 is 17.6 Å². The normalized spacial score (nSPS) is 12.2. The summed E-state index contributed by atoms with van der Waals surface area (Å²) in [5.74, 6) is -0.524. The summed E-state index contributed by atoms with van der Waals surface area (Å²) in [6.07, 6.45) is 0.351. The van der Waals surface area contributed by atoms with Crippen LogP contribution in [0.2, 0.25) is 0 Å². The number of amides is 1. The smallest absolute Gasteiger partial charge is 0.349 e. The number of hydrogen-bond donors (Lipinski definition) is 2. The third-order valence-electron chi connectivity index (χ3n) is 4.60. The van der Waals surface area contributed by atoms with Gasteiger partial charge in [-0.05, 0) is 38.0 Å². The van der Waals surface area contributed by atoms with Crippen molar-refractivity contribution in [1.82, 2.24) is 5.32 Å². The minimum Gasteiger partial charge on any atom is -0.422 e. The molecule has 7 nitrogen and oxygen atoms in total. The molecule has 0 bridgehead atoms. The molecule has 1 atom stereocenters. The van der Waals surface area contributed by atoms with Crippen LogP contribution in [0.3, 0.4) is 0 Å². The number of benzene rings is 1. The zero-order valence-corrected chi connectivity index (χ0v) is 17.0. The SMILES string of the molecule is CCN(CC)c1ccc2cc(C(=O)NCC(N)C(=O)CC(C)C)c(=O)oc2c1. The number of Topliss-reactive ketones (excluding diaryl/α,β-unsaturated/α-hetero) is 1. The highest BCUT2D eigenvalue weighted by Gasteiger charge is 2.19. The molecule has 28 heavy (non-hydrogen) atoms. The summed E-state index contributed by atoms with van der Waals surface area (Å²) in [5.41, 5.74) is 6.37. The Balaban J connectivity index is 2.17. The summed E-state index contributed by atoms with van der Waals surface area (Å²) in [5, 5.41) is 3.21. The molecule has 1 heterocycles. The first-order valence-corrected chi connectivity index (χ1v) is 9.66. The molecule has 0 radical (unpaired) electrons. The Kier molecular flexibility index (Phi) is 7.34. The maximum atomic E-state index is 12.4. The van der Waals surface area contributed by atoms with Crippen molar-refractivity contribution in [2.75, 3.05) is 24.5 Å². The predicted octanol–water partition coefficient (Wildman–Crippen LogP) is 2.31. The van der Waals surface area contributed by atoms with E-state index in [1.165, 1.54) is 6.07 Å². The quantitative estimate of drug-likeness (QED) is 0.640. The van der Waals surface area contributed by atoms with Crippen molar-refractivity contribution in [3.8, 4) is 0 Å². The van der Waals surface area contributed by atoms with Gasteiger partial charge in [-0.2, -0.15) is 0 Å². The van der Waals surface area contributed by atoms with E-state index in [4.69, 9.17) is 10.2 Å². The van der Waals surface area contributed by atoms with Crippen LogP contribution in [0.4, 0.5) is 5.69 Å². The molecule has 0 saturated carbocycles. The van der Waals surface area contributed by atoms with Crippen molar-refractivity contribution in [2.45, 2.75) is 40.2 Å². The van der Waals surface area contributed by atoms with Gasteiger partial charge in [-0.15, -0.1) is 0 Å². The molecular formula is C21H29N3O4. The van der Waals surface area contributed by atoms with Crippen molar-refractivity contribution < 1.29 is 14.0 Å². The summed E-state index contributed by atoms with van der Waals surface area (Å²) in [6.45, 7) is 9.60. The van der Waals surface area contributed by atoms with Crippen LogP contribution in [-0.2, 0) is 4.79 Å². The minimum absolute atomic E-state index is 0.0250. The number of carbonyl (C=O) groups excluding carboxylic acids is 2. The number of nitrogens with one attached hydrogen (secondary N) is 1. The Morgan fingerprint density at radius 1 is 1.18 bits per heavy atom. The van der Waals surface area contributed by atoms with Crippen molar-refractivity contribution in [3.63, 3.8) is 0 Å². The topological polar surface area (TPSA) is 106 Å². The van der Waals surface area contributed by atoms with E-state index in [1.807, 2.05) is 39.8 Å². The number of anilines is 1. The van der Waals surface area contributed by atoms with Crippen LogP contribution in [-0.4, -0.2) is 37.4 Å². The van der Waals surface area contributed by atoms with Gasteiger partial charge in [-0.25, -0.2) is 4.79 Å². The Labute approximate surface area is 164 Å². The van der Waals surface area contributed by atoms with Crippen molar-refractivity contribution >= 4 is 28.3 Å². The molecule has 1 amide bonds. The second-order valence-corrected chi connectivity index (χ2v) is 7.22. The summed E-state index contributed by atoms with van der Waals surface area (Å²) in [4.78, 5) is 38.7. The molecule has 0 spiro atoms. The molecule has 1 aromatic heterocycles. The van der Waals surface area contributed by atoms with Gasteiger partial charge in [0.25, 0.3) is 5.91 Å². The van der Waals surface area contributed by atoms with Gasteiger partial charge >= 0.3 is 5.63 Å². The fourth-order valence-electron chi connectivity index (χ4n) is 3.01. The number of hydrogen-bond acceptors (Lipinski definition) is 6. The van der Waals surface area contributed by atoms with E-state index in [-0.39, 0.29) is 23.8 Å². The minimum atomic E-state index is -0.796. The van der Waals surface area contributed by atoms with Crippen LogP contribution < -0.4 is 21.6 Å². The van der Waals surface area contributed by atoms with E-state index in [0.29, 0.717) is 17.4 Å².